The summed E-state index contributed by atoms with van der Waals surface area (Å²) >= 11 is 1.97. The highest BCUT2D eigenvalue weighted by Gasteiger charge is 2.34. The van der Waals surface area contributed by atoms with Crippen molar-refractivity contribution < 1.29 is 4.42 Å². The first-order chi connectivity index (χ1) is 14.0. The normalized spacial score (nSPS) is 17.3. The Bertz CT molecular complexity index is 1240. The van der Waals surface area contributed by atoms with E-state index in [4.69, 9.17) is 4.42 Å². The molecule has 2 aromatic carbocycles. The van der Waals surface area contributed by atoms with E-state index < -0.39 is 0 Å². The zero-order valence-electron chi connectivity index (χ0n) is 17.1. The number of pyridine rings is 1. The highest BCUT2D eigenvalue weighted by molar-refractivity contribution is 8.03. The molecule has 0 spiro atoms. The van der Waals surface area contributed by atoms with Gasteiger partial charge in [-0.3, -0.25) is 0 Å². The van der Waals surface area contributed by atoms with E-state index in [1.807, 2.05) is 17.8 Å². The van der Waals surface area contributed by atoms with Crippen molar-refractivity contribution in [3.8, 4) is 0 Å². The van der Waals surface area contributed by atoms with Gasteiger partial charge >= 0.3 is 0 Å². The molecule has 1 atom stereocenters. The molecule has 0 N–H and O–H groups in total. The average Bonchev–Trinajstić information content (AvgIpc) is 3.25. The lowest BCUT2D eigenvalue weighted by Gasteiger charge is -2.29. The Morgan fingerprint density at radius 1 is 1.00 bits per heavy atom. The fourth-order valence-electron chi connectivity index (χ4n) is 4.25. The number of furan rings is 1. The van der Waals surface area contributed by atoms with Crippen LogP contribution in [0.1, 0.15) is 37.3 Å². The number of rotatable bonds is 3. The van der Waals surface area contributed by atoms with Crippen molar-refractivity contribution in [2.24, 2.45) is 5.92 Å². The summed E-state index contributed by atoms with van der Waals surface area (Å²) in [6, 6.07) is 19.3. The number of nitrogens with zero attached hydrogens (tertiary/aromatic N) is 2. The van der Waals surface area contributed by atoms with Gasteiger partial charge in [0.15, 0.2) is 0 Å². The van der Waals surface area contributed by atoms with Gasteiger partial charge in [-0.1, -0.05) is 55.9 Å². The number of anilines is 1. The Hall–Kier alpha value is -2.72. The van der Waals surface area contributed by atoms with Crippen LogP contribution in [0.25, 0.3) is 22.1 Å². The van der Waals surface area contributed by atoms with E-state index >= 15 is 0 Å². The molecule has 1 unspecified atom stereocenters. The summed E-state index contributed by atoms with van der Waals surface area (Å²) in [6.07, 6.45) is 1.78. The Morgan fingerprint density at radius 3 is 2.55 bits per heavy atom. The molecule has 4 aromatic rings. The van der Waals surface area contributed by atoms with E-state index in [1.165, 1.54) is 27.4 Å². The summed E-state index contributed by atoms with van der Waals surface area (Å²) in [5.41, 5.74) is 6.71. The van der Waals surface area contributed by atoms with Crippen LogP contribution in [0.15, 0.2) is 75.8 Å². The Balaban J connectivity index is 1.73. The highest BCUT2D eigenvalue weighted by atomic mass is 32.2. The number of benzene rings is 2. The molecule has 0 fully saturated rings. The molecule has 4 heteroatoms. The van der Waals surface area contributed by atoms with Crippen molar-refractivity contribution in [2.75, 3.05) is 4.90 Å². The van der Waals surface area contributed by atoms with E-state index in [0.717, 1.165) is 16.4 Å². The first-order valence-corrected chi connectivity index (χ1v) is 10.9. The maximum absolute atomic E-state index is 6.00. The topological polar surface area (TPSA) is 29.3 Å². The van der Waals surface area contributed by atoms with Crippen LogP contribution in [0.3, 0.4) is 0 Å². The van der Waals surface area contributed by atoms with Crippen LogP contribution in [-0.2, 0) is 0 Å². The van der Waals surface area contributed by atoms with Crippen molar-refractivity contribution in [3.63, 3.8) is 0 Å². The summed E-state index contributed by atoms with van der Waals surface area (Å²) in [5, 5.41) is 2.43. The molecule has 0 aliphatic carbocycles. The summed E-state index contributed by atoms with van der Waals surface area (Å²) in [6.45, 7) is 8.98. The van der Waals surface area contributed by atoms with Crippen LogP contribution in [0.2, 0.25) is 0 Å². The smallest absolute Gasteiger partial charge is 0.227 e. The third-order valence-electron chi connectivity index (χ3n) is 5.63. The lowest BCUT2D eigenvalue weighted by Crippen LogP contribution is -2.21. The van der Waals surface area contributed by atoms with E-state index in [1.54, 1.807) is 6.20 Å². The van der Waals surface area contributed by atoms with Gasteiger partial charge in [0.25, 0.3) is 0 Å². The number of hydrogen-bond acceptors (Lipinski definition) is 4. The minimum atomic E-state index is 0.237. The SMILES string of the molecule is CC1=C(C(C)C)SC(c2ccccc2)N1c1cc2c(cc1C)oc1ncccc12. The third-order valence-corrected chi connectivity index (χ3v) is 7.35. The summed E-state index contributed by atoms with van der Waals surface area (Å²) in [7, 11) is 0. The fourth-order valence-corrected chi connectivity index (χ4v) is 5.71. The van der Waals surface area contributed by atoms with Crippen molar-refractivity contribution in [3.05, 3.63) is 82.5 Å². The largest absolute Gasteiger partial charge is 0.438 e. The van der Waals surface area contributed by atoms with Crippen molar-refractivity contribution in [2.45, 2.75) is 33.1 Å². The minimum Gasteiger partial charge on any atom is -0.438 e. The molecule has 3 nitrogen and oxygen atoms in total. The first-order valence-electron chi connectivity index (χ1n) is 10.0. The number of thioether (sulfide) groups is 1. The van der Waals surface area contributed by atoms with Gasteiger partial charge in [0.05, 0.1) is 0 Å². The maximum atomic E-state index is 6.00. The highest BCUT2D eigenvalue weighted by Crippen LogP contribution is 2.53. The molecule has 1 aliphatic heterocycles. The van der Waals surface area contributed by atoms with Crippen LogP contribution in [0.5, 0.6) is 0 Å². The molecule has 0 radical (unpaired) electrons. The Labute approximate surface area is 175 Å². The Kier molecular flexibility index (Phi) is 4.39. The lowest BCUT2D eigenvalue weighted by atomic mass is 10.1. The van der Waals surface area contributed by atoms with Gasteiger partial charge in [-0.2, -0.15) is 0 Å². The number of allylic oxidation sites excluding steroid dienone is 2. The zero-order chi connectivity index (χ0) is 20.1. The molecule has 2 aromatic heterocycles. The standard InChI is InChI=1S/C25H24N2OS/c1-15(2)23-17(4)27(25(29-23)18-9-6-5-7-10-18)21-14-20-19-11-8-12-26-24(19)28-22(20)13-16(21)3/h5-15,25H,1-4H3. The van der Waals surface area contributed by atoms with E-state index in [-0.39, 0.29) is 5.37 Å². The number of aromatic nitrogens is 1. The van der Waals surface area contributed by atoms with Crippen molar-refractivity contribution in [1.82, 2.24) is 4.98 Å². The molecule has 3 heterocycles. The van der Waals surface area contributed by atoms with Crippen LogP contribution >= 0.6 is 11.8 Å². The molecule has 5 rings (SSSR count). The fraction of sp³-hybridized carbons (Fsp3) is 0.240. The lowest BCUT2D eigenvalue weighted by molar-refractivity contribution is 0.653. The van der Waals surface area contributed by atoms with Gasteiger partial charge in [-0.15, -0.1) is 0 Å². The van der Waals surface area contributed by atoms with Crippen LogP contribution in [-0.4, -0.2) is 4.98 Å². The first kappa shape index (κ1) is 18.3. The molecule has 0 saturated heterocycles. The average molecular weight is 401 g/mol. The summed E-state index contributed by atoms with van der Waals surface area (Å²) in [5.74, 6) is 0.499. The van der Waals surface area contributed by atoms with Crippen LogP contribution in [0, 0.1) is 12.8 Å². The second kappa shape index (κ2) is 6.96. The molecule has 0 saturated carbocycles. The van der Waals surface area contributed by atoms with Gasteiger partial charge in [0, 0.05) is 33.3 Å². The van der Waals surface area contributed by atoms with Crippen LogP contribution < -0.4 is 4.90 Å². The van der Waals surface area contributed by atoms with Crippen molar-refractivity contribution in [1.29, 1.82) is 0 Å². The predicted molar refractivity (Wildman–Crippen MR) is 123 cm³/mol. The minimum absolute atomic E-state index is 0.237. The van der Waals surface area contributed by atoms with Gasteiger partial charge in [-0.25, -0.2) is 4.98 Å². The molecular weight excluding hydrogens is 376 g/mol. The van der Waals surface area contributed by atoms with Gasteiger partial charge in [0.2, 0.25) is 5.71 Å². The molecule has 0 bridgehead atoms. The van der Waals surface area contributed by atoms with E-state index in [9.17, 15) is 0 Å². The van der Waals surface area contributed by atoms with Gasteiger partial charge < -0.3 is 9.32 Å². The number of hydrogen-bond donors (Lipinski definition) is 0. The second-order valence-corrected chi connectivity index (χ2v) is 9.07. The van der Waals surface area contributed by atoms with Gasteiger partial charge in [0.1, 0.15) is 11.0 Å². The second-order valence-electron chi connectivity index (χ2n) is 7.95. The maximum Gasteiger partial charge on any atom is 0.227 e. The zero-order valence-corrected chi connectivity index (χ0v) is 18.0. The van der Waals surface area contributed by atoms with Gasteiger partial charge in [-0.05, 0) is 55.2 Å². The quantitative estimate of drug-likeness (QED) is 0.357. The number of fused-ring (bicyclic) bond motifs is 3. The molecular formula is C25H24N2OS. The van der Waals surface area contributed by atoms with Crippen molar-refractivity contribution >= 4 is 39.5 Å². The monoisotopic (exact) mass is 400 g/mol. The predicted octanol–water partition coefficient (Wildman–Crippen LogP) is 7.43. The summed E-state index contributed by atoms with van der Waals surface area (Å²) in [4.78, 5) is 8.35. The van der Waals surface area contributed by atoms with Crippen LogP contribution in [0.4, 0.5) is 5.69 Å². The number of aryl methyl sites for hydroxylation is 1. The third kappa shape index (κ3) is 2.94. The molecule has 0 amide bonds. The summed E-state index contributed by atoms with van der Waals surface area (Å²) < 4.78 is 6.00. The molecule has 1 aliphatic rings. The molecule has 146 valence electrons. The van der Waals surface area contributed by atoms with E-state index in [2.05, 4.69) is 86.1 Å². The Morgan fingerprint density at radius 2 is 1.79 bits per heavy atom. The molecule has 29 heavy (non-hydrogen) atoms. The van der Waals surface area contributed by atoms with E-state index in [0.29, 0.717) is 11.6 Å².